The molecular weight excluding hydrogens is 410 g/mol. The second-order valence-electron chi connectivity index (χ2n) is 8.53. The summed E-state index contributed by atoms with van der Waals surface area (Å²) in [5, 5.41) is 5.53. The molecule has 0 aromatic heterocycles. The van der Waals surface area contributed by atoms with E-state index in [1.54, 1.807) is 29.7 Å². The van der Waals surface area contributed by atoms with Crippen LogP contribution in [0.1, 0.15) is 47.6 Å². The fourth-order valence-corrected chi connectivity index (χ4v) is 5.88. The highest BCUT2D eigenvalue weighted by Crippen LogP contribution is 2.56. The van der Waals surface area contributed by atoms with Crippen LogP contribution >= 0.6 is 11.8 Å². The summed E-state index contributed by atoms with van der Waals surface area (Å²) in [6.07, 6.45) is 0.724. The lowest BCUT2D eigenvalue weighted by Crippen LogP contribution is -2.56. The molecule has 0 spiro atoms. The summed E-state index contributed by atoms with van der Waals surface area (Å²) in [7, 11) is 0. The maximum atomic E-state index is 13.2. The first-order valence-electron chi connectivity index (χ1n) is 10.5. The Morgan fingerprint density at radius 2 is 1.77 bits per heavy atom. The van der Waals surface area contributed by atoms with Gasteiger partial charge < -0.3 is 15.5 Å². The number of hydrogen-bond donors (Lipinski definition) is 2. The van der Waals surface area contributed by atoms with E-state index in [4.69, 9.17) is 0 Å². The Morgan fingerprint density at radius 3 is 2.52 bits per heavy atom. The molecule has 2 heterocycles. The number of nitrogens with one attached hydrogen (secondary N) is 2. The van der Waals surface area contributed by atoms with Crippen molar-refractivity contribution in [2.45, 2.75) is 49.4 Å². The Hall–Kier alpha value is -2.80. The number of benzene rings is 2. The number of rotatable bonds is 6. The van der Waals surface area contributed by atoms with Crippen molar-refractivity contribution in [1.29, 1.82) is 0 Å². The molecule has 1 fully saturated rings. The van der Waals surface area contributed by atoms with Crippen LogP contribution in [-0.4, -0.2) is 46.0 Å². The van der Waals surface area contributed by atoms with Crippen molar-refractivity contribution in [3.05, 3.63) is 71.3 Å². The molecule has 0 saturated carbocycles. The maximum Gasteiger partial charge on any atom is 0.256 e. The van der Waals surface area contributed by atoms with E-state index in [-0.39, 0.29) is 23.1 Å². The quantitative estimate of drug-likeness (QED) is 0.728. The van der Waals surface area contributed by atoms with Gasteiger partial charge in [0.05, 0.1) is 0 Å². The van der Waals surface area contributed by atoms with E-state index in [0.717, 1.165) is 17.5 Å². The normalized spacial score (nSPS) is 21.9. The van der Waals surface area contributed by atoms with Gasteiger partial charge in [-0.05, 0) is 44.4 Å². The third-order valence-corrected chi connectivity index (χ3v) is 7.39. The summed E-state index contributed by atoms with van der Waals surface area (Å²) >= 11 is 1.61. The zero-order valence-corrected chi connectivity index (χ0v) is 18.7. The zero-order chi connectivity index (χ0) is 22.2. The minimum Gasteiger partial charge on any atom is -0.354 e. The molecule has 0 unspecified atom stereocenters. The second kappa shape index (κ2) is 8.38. The van der Waals surface area contributed by atoms with Gasteiger partial charge >= 0.3 is 0 Å². The molecule has 2 aromatic rings. The first kappa shape index (κ1) is 21.4. The Balaban J connectivity index is 1.39. The monoisotopic (exact) mass is 437 g/mol. The van der Waals surface area contributed by atoms with Gasteiger partial charge in [-0.15, -0.1) is 11.8 Å². The predicted molar refractivity (Wildman–Crippen MR) is 122 cm³/mol. The Kier molecular flexibility index (Phi) is 5.79. The third-order valence-electron chi connectivity index (χ3n) is 5.85. The smallest absolute Gasteiger partial charge is 0.256 e. The van der Waals surface area contributed by atoms with Gasteiger partial charge in [0.1, 0.15) is 17.5 Å². The fourth-order valence-electron chi connectivity index (χ4n) is 4.29. The SMILES string of the molecule is C[C@H](NC(=O)[C@H]1N2C(=O)c3ccccc3[C@@H]2SC1(C)C)C(=O)NCCc1ccccc1. The Labute approximate surface area is 186 Å². The van der Waals surface area contributed by atoms with E-state index in [0.29, 0.717) is 12.1 Å². The predicted octanol–water partition coefficient (Wildman–Crippen LogP) is 2.90. The van der Waals surface area contributed by atoms with E-state index in [9.17, 15) is 14.4 Å². The average Bonchev–Trinajstić information content (AvgIpc) is 3.18. The van der Waals surface area contributed by atoms with E-state index in [1.807, 2.05) is 62.4 Å². The molecule has 162 valence electrons. The van der Waals surface area contributed by atoms with Crippen molar-refractivity contribution in [3.63, 3.8) is 0 Å². The lowest BCUT2D eigenvalue weighted by molar-refractivity contribution is -0.131. The molecule has 4 rings (SSSR count). The number of carbonyl (C=O) groups excluding carboxylic acids is 3. The maximum absolute atomic E-state index is 13.2. The van der Waals surface area contributed by atoms with E-state index >= 15 is 0 Å². The number of thioether (sulfide) groups is 1. The summed E-state index contributed by atoms with van der Waals surface area (Å²) in [6.45, 7) is 6.11. The van der Waals surface area contributed by atoms with E-state index < -0.39 is 16.8 Å². The van der Waals surface area contributed by atoms with Crippen molar-refractivity contribution >= 4 is 29.5 Å². The van der Waals surface area contributed by atoms with Crippen LogP contribution in [0.25, 0.3) is 0 Å². The van der Waals surface area contributed by atoms with Gasteiger partial charge in [-0.3, -0.25) is 14.4 Å². The molecule has 7 heteroatoms. The molecule has 2 N–H and O–H groups in total. The molecule has 3 atom stereocenters. The highest BCUT2D eigenvalue weighted by Gasteiger charge is 2.57. The molecule has 2 aliphatic heterocycles. The van der Waals surface area contributed by atoms with Gasteiger partial charge in [-0.25, -0.2) is 0 Å². The van der Waals surface area contributed by atoms with Crippen LogP contribution in [0.15, 0.2) is 54.6 Å². The van der Waals surface area contributed by atoms with Crippen molar-refractivity contribution < 1.29 is 14.4 Å². The summed E-state index contributed by atoms with van der Waals surface area (Å²) in [4.78, 5) is 40.4. The van der Waals surface area contributed by atoms with Crippen LogP contribution in [-0.2, 0) is 16.0 Å². The molecule has 3 amide bonds. The van der Waals surface area contributed by atoms with Crippen molar-refractivity contribution in [2.75, 3.05) is 6.54 Å². The molecule has 0 bridgehead atoms. The summed E-state index contributed by atoms with van der Waals surface area (Å²) in [6, 6.07) is 16.1. The summed E-state index contributed by atoms with van der Waals surface area (Å²) < 4.78 is -0.471. The average molecular weight is 438 g/mol. The van der Waals surface area contributed by atoms with Crippen molar-refractivity contribution in [3.8, 4) is 0 Å². The molecule has 0 aliphatic carbocycles. The van der Waals surface area contributed by atoms with Crippen molar-refractivity contribution in [2.24, 2.45) is 0 Å². The zero-order valence-electron chi connectivity index (χ0n) is 17.9. The molecular formula is C24H27N3O3S. The lowest BCUT2D eigenvalue weighted by atomic mass is 10.0. The number of nitrogens with zero attached hydrogens (tertiary/aromatic N) is 1. The molecule has 6 nitrogen and oxygen atoms in total. The first-order valence-corrected chi connectivity index (χ1v) is 11.4. The molecule has 0 radical (unpaired) electrons. The first-order chi connectivity index (χ1) is 14.8. The van der Waals surface area contributed by atoms with Crippen LogP contribution in [0, 0.1) is 0 Å². The minimum atomic E-state index is -0.691. The number of hydrogen-bond acceptors (Lipinski definition) is 4. The Morgan fingerprint density at radius 1 is 1.10 bits per heavy atom. The van der Waals surface area contributed by atoms with Gasteiger partial charge in [-0.2, -0.15) is 0 Å². The van der Waals surface area contributed by atoms with Crippen molar-refractivity contribution in [1.82, 2.24) is 15.5 Å². The fraction of sp³-hybridized carbons (Fsp3) is 0.375. The van der Waals surface area contributed by atoms with Gasteiger partial charge in [-0.1, -0.05) is 48.5 Å². The van der Waals surface area contributed by atoms with Crippen LogP contribution < -0.4 is 10.6 Å². The number of fused-ring (bicyclic) bond motifs is 3. The van der Waals surface area contributed by atoms with Crippen LogP contribution in [0.5, 0.6) is 0 Å². The summed E-state index contributed by atoms with van der Waals surface area (Å²) in [5.41, 5.74) is 2.75. The number of carbonyl (C=O) groups is 3. The van der Waals surface area contributed by atoms with Crippen LogP contribution in [0.4, 0.5) is 0 Å². The molecule has 31 heavy (non-hydrogen) atoms. The van der Waals surface area contributed by atoms with Gasteiger partial charge in [0.15, 0.2) is 0 Å². The highest BCUT2D eigenvalue weighted by molar-refractivity contribution is 8.01. The number of amides is 3. The van der Waals surface area contributed by atoms with Crippen LogP contribution in [0.3, 0.4) is 0 Å². The van der Waals surface area contributed by atoms with Gasteiger partial charge in [0.25, 0.3) is 5.91 Å². The largest absolute Gasteiger partial charge is 0.354 e. The summed E-state index contributed by atoms with van der Waals surface area (Å²) in [5.74, 6) is -0.661. The highest BCUT2D eigenvalue weighted by atomic mass is 32.2. The molecule has 1 saturated heterocycles. The topological polar surface area (TPSA) is 78.5 Å². The minimum absolute atomic E-state index is 0.126. The Bertz CT molecular complexity index is 1010. The third kappa shape index (κ3) is 4.06. The molecule has 2 aliphatic rings. The van der Waals surface area contributed by atoms with E-state index in [1.165, 1.54) is 0 Å². The second-order valence-corrected chi connectivity index (χ2v) is 10.3. The van der Waals surface area contributed by atoms with Crippen LogP contribution in [0.2, 0.25) is 0 Å². The van der Waals surface area contributed by atoms with Gasteiger partial charge in [0, 0.05) is 16.9 Å². The standard InChI is InChI=1S/C24H27N3O3S/c1-15(20(28)25-14-13-16-9-5-4-6-10-16)26-21(29)19-24(2,3)31-23-18-12-8-7-11-17(18)22(30)27(19)23/h4-12,15,19,23H,13-14H2,1-3H3,(H,25,28)(H,26,29)/t15-,19+,23-/m0/s1. The lowest BCUT2D eigenvalue weighted by Gasteiger charge is -2.30. The molecule has 2 aromatic carbocycles. The van der Waals surface area contributed by atoms with E-state index in [2.05, 4.69) is 10.6 Å². The van der Waals surface area contributed by atoms with Gasteiger partial charge in [0.2, 0.25) is 11.8 Å².